The Morgan fingerprint density at radius 3 is 3.14 bits per heavy atom. The van der Waals surface area contributed by atoms with Crippen LogP contribution >= 0.6 is 0 Å². The maximum absolute atomic E-state index is 10.6. The van der Waals surface area contributed by atoms with Crippen molar-refractivity contribution in [1.82, 2.24) is 0 Å². The van der Waals surface area contributed by atoms with Crippen LogP contribution in [0, 0.1) is 0 Å². The predicted octanol–water partition coefficient (Wildman–Crippen LogP) is -0.0974. The SMILES string of the molecule is CN1CC(N)C(O)c2c1coc2C=O. The van der Waals surface area contributed by atoms with E-state index in [9.17, 15) is 9.90 Å². The first-order valence-corrected chi connectivity index (χ1v) is 4.36. The van der Waals surface area contributed by atoms with Gasteiger partial charge in [0.25, 0.3) is 0 Å². The Hall–Kier alpha value is -1.33. The zero-order valence-corrected chi connectivity index (χ0v) is 7.80. The second kappa shape index (κ2) is 3.11. The van der Waals surface area contributed by atoms with Crippen molar-refractivity contribution in [3.8, 4) is 0 Å². The van der Waals surface area contributed by atoms with E-state index in [0.29, 0.717) is 18.4 Å². The molecule has 0 saturated carbocycles. The van der Waals surface area contributed by atoms with E-state index in [1.54, 1.807) is 0 Å². The molecule has 2 atom stereocenters. The van der Waals surface area contributed by atoms with Crippen LogP contribution in [0.1, 0.15) is 22.2 Å². The first kappa shape index (κ1) is 9.23. The number of hydrogen-bond acceptors (Lipinski definition) is 5. The van der Waals surface area contributed by atoms with Crippen LogP contribution < -0.4 is 10.6 Å². The molecule has 0 aliphatic carbocycles. The lowest BCUT2D eigenvalue weighted by atomic mass is 9.97. The van der Waals surface area contributed by atoms with E-state index >= 15 is 0 Å². The van der Waals surface area contributed by atoms with Gasteiger partial charge in [0.1, 0.15) is 12.4 Å². The maximum atomic E-state index is 10.6. The lowest BCUT2D eigenvalue weighted by Gasteiger charge is -2.32. The van der Waals surface area contributed by atoms with E-state index in [0.717, 1.165) is 5.69 Å². The summed E-state index contributed by atoms with van der Waals surface area (Å²) in [6.07, 6.45) is 1.24. The van der Waals surface area contributed by atoms with E-state index in [2.05, 4.69) is 0 Å². The molecule has 0 bridgehead atoms. The quantitative estimate of drug-likeness (QED) is 0.613. The number of nitrogens with zero attached hydrogens (tertiary/aromatic N) is 1. The number of carbonyl (C=O) groups excluding carboxylic acids is 1. The molecule has 1 aromatic rings. The number of anilines is 1. The largest absolute Gasteiger partial charge is 0.459 e. The number of nitrogens with two attached hydrogens (primary N) is 1. The first-order valence-electron chi connectivity index (χ1n) is 4.36. The molecule has 0 aromatic carbocycles. The van der Waals surface area contributed by atoms with Crippen molar-refractivity contribution < 1.29 is 14.3 Å². The van der Waals surface area contributed by atoms with Crippen molar-refractivity contribution in [1.29, 1.82) is 0 Å². The van der Waals surface area contributed by atoms with Crippen LogP contribution in [0.2, 0.25) is 0 Å². The minimum absolute atomic E-state index is 0.162. The molecule has 2 unspecified atom stereocenters. The Bertz CT molecular complexity index is 361. The molecule has 0 amide bonds. The molecule has 2 heterocycles. The highest BCUT2D eigenvalue weighted by atomic mass is 16.3. The highest BCUT2D eigenvalue weighted by Crippen LogP contribution is 2.35. The van der Waals surface area contributed by atoms with Crippen LogP contribution in [0.25, 0.3) is 0 Å². The van der Waals surface area contributed by atoms with Crippen LogP contribution in [0.15, 0.2) is 10.7 Å². The number of hydrogen-bond donors (Lipinski definition) is 2. The summed E-state index contributed by atoms with van der Waals surface area (Å²) in [4.78, 5) is 12.5. The fraction of sp³-hybridized carbons (Fsp3) is 0.444. The van der Waals surface area contributed by atoms with Crippen molar-refractivity contribution in [2.45, 2.75) is 12.1 Å². The van der Waals surface area contributed by atoms with E-state index in [1.807, 2.05) is 11.9 Å². The molecule has 0 fully saturated rings. The molecule has 0 radical (unpaired) electrons. The highest BCUT2D eigenvalue weighted by molar-refractivity contribution is 5.78. The lowest BCUT2D eigenvalue weighted by molar-refractivity contribution is 0.108. The third kappa shape index (κ3) is 1.13. The fourth-order valence-corrected chi connectivity index (χ4v) is 1.79. The van der Waals surface area contributed by atoms with Gasteiger partial charge in [-0.05, 0) is 0 Å². The van der Waals surface area contributed by atoms with E-state index in [-0.39, 0.29) is 11.8 Å². The van der Waals surface area contributed by atoms with Crippen LogP contribution in [-0.4, -0.2) is 31.0 Å². The maximum Gasteiger partial charge on any atom is 0.185 e. The summed E-state index contributed by atoms with van der Waals surface area (Å²) >= 11 is 0. The molecular formula is C9H12N2O3. The Balaban J connectivity index is 2.53. The van der Waals surface area contributed by atoms with Gasteiger partial charge in [0.05, 0.1) is 17.3 Å². The molecule has 1 aliphatic rings. The number of likely N-dealkylation sites (N-methyl/N-ethyl adjacent to an activating group) is 1. The second-order valence-corrected chi connectivity index (χ2v) is 3.51. The van der Waals surface area contributed by atoms with Crippen LogP contribution in [0.4, 0.5) is 5.69 Å². The minimum Gasteiger partial charge on any atom is -0.459 e. The van der Waals surface area contributed by atoms with Crippen molar-refractivity contribution in [2.75, 3.05) is 18.5 Å². The monoisotopic (exact) mass is 196 g/mol. The van der Waals surface area contributed by atoms with Crippen LogP contribution in [-0.2, 0) is 0 Å². The normalized spacial score (nSPS) is 26.1. The molecule has 2 rings (SSSR count). The molecular weight excluding hydrogens is 184 g/mol. The van der Waals surface area contributed by atoms with E-state index in [1.165, 1.54) is 6.26 Å². The molecule has 0 saturated heterocycles. The number of furan rings is 1. The first-order chi connectivity index (χ1) is 6.65. The Kier molecular flexibility index (Phi) is 2.05. The van der Waals surface area contributed by atoms with Gasteiger partial charge in [-0.25, -0.2) is 0 Å². The number of aliphatic hydroxyl groups excluding tert-OH is 1. The van der Waals surface area contributed by atoms with Crippen molar-refractivity contribution in [2.24, 2.45) is 5.73 Å². The average molecular weight is 196 g/mol. The summed E-state index contributed by atoms with van der Waals surface area (Å²) in [5, 5.41) is 9.78. The Morgan fingerprint density at radius 2 is 2.50 bits per heavy atom. The average Bonchev–Trinajstić information content (AvgIpc) is 2.58. The van der Waals surface area contributed by atoms with Gasteiger partial charge in [-0.1, -0.05) is 0 Å². The fourth-order valence-electron chi connectivity index (χ4n) is 1.79. The van der Waals surface area contributed by atoms with Gasteiger partial charge < -0.3 is 20.2 Å². The van der Waals surface area contributed by atoms with Crippen molar-refractivity contribution >= 4 is 12.0 Å². The predicted molar refractivity (Wildman–Crippen MR) is 50.3 cm³/mol. The smallest absolute Gasteiger partial charge is 0.185 e. The zero-order chi connectivity index (χ0) is 10.3. The van der Waals surface area contributed by atoms with Gasteiger partial charge in [-0.2, -0.15) is 0 Å². The summed E-state index contributed by atoms with van der Waals surface area (Å²) in [7, 11) is 1.84. The third-order valence-corrected chi connectivity index (χ3v) is 2.54. The number of aldehydes is 1. The van der Waals surface area contributed by atoms with Gasteiger partial charge in [-0.3, -0.25) is 4.79 Å². The molecule has 14 heavy (non-hydrogen) atoms. The Morgan fingerprint density at radius 1 is 1.79 bits per heavy atom. The van der Waals surface area contributed by atoms with E-state index < -0.39 is 6.10 Å². The number of fused-ring (bicyclic) bond motifs is 1. The van der Waals surface area contributed by atoms with Gasteiger partial charge in [0.15, 0.2) is 12.0 Å². The number of aliphatic hydroxyl groups is 1. The molecule has 5 nitrogen and oxygen atoms in total. The van der Waals surface area contributed by atoms with Crippen molar-refractivity contribution in [3.05, 3.63) is 17.6 Å². The summed E-state index contributed by atoms with van der Waals surface area (Å²) in [5.74, 6) is 0.162. The van der Waals surface area contributed by atoms with Crippen LogP contribution in [0.3, 0.4) is 0 Å². The highest BCUT2D eigenvalue weighted by Gasteiger charge is 2.32. The standard InChI is InChI=1S/C9H12N2O3/c1-11-2-5(10)9(13)8-6(11)4-14-7(8)3-12/h3-5,9,13H,2,10H2,1H3. The molecule has 5 heteroatoms. The topological polar surface area (TPSA) is 79.7 Å². The molecule has 76 valence electrons. The molecule has 1 aromatic heterocycles. The Labute approximate surface area is 81.1 Å². The minimum atomic E-state index is -0.819. The van der Waals surface area contributed by atoms with Crippen LogP contribution in [0.5, 0.6) is 0 Å². The second-order valence-electron chi connectivity index (χ2n) is 3.51. The molecule has 0 spiro atoms. The van der Waals surface area contributed by atoms with Crippen molar-refractivity contribution in [3.63, 3.8) is 0 Å². The molecule has 1 aliphatic heterocycles. The van der Waals surface area contributed by atoms with Gasteiger partial charge in [0, 0.05) is 13.6 Å². The number of rotatable bonds is 1. The molecule has 3 N–H and O–H groups in total. The van der Waals surface area contributed by atoms with Gasteiger partial charge in [-0.15, -0.1) is 0 Å². The number of carbonyl (C=O) groups is 1. The van der Waals surface area contributed by atoms with E-state index in [4.69, 9.17) is 10.2 Å². The lowest BCUT2D eigenvalue weighted by Crippen LogP contribution is -2.44. The summed E-state index contributed by atoms with van der Waals surface area (Å²) in [6.45, 7) is 0.548. The summed E-state index contributed by atoms with van der Waals surface area (Å²) < 4.78 is 5.03. The third-order valence-electron chi connectivity index (χ3n) is 2.54. The zero-order valence-electron chi connectivity index (χ0n) is 7.80. The van der Waals surface area contributed by atoms with Gasteiger partial charge in [0.2, 0.25) is 0 Å². The van der Waals surface area contributed by atoms with Gasteiger partial charge >= 0.3 is 0 Å². The summed E-state index contributed by atoms with van der Waals surface area (Å²) in [5.41, 5.74) is 6.96. The summed E-state index contributed by atoms with van der Waals surface area (Å²) in [6, 6.07) is -0.385.